The molecule has 1 aromatic rings. The van der Waals surface area contributed by atoms with Crippen LogP contribution in [0.15, 0.2) is 22.8 Å². The average Bonchev–Trinajstić information content (AvgIpc) is 3.25. The third-order valence-electron chi connectivity index (χ3n) is 4.70. The second-order valence-corrected chi connectivity index (χ2v) is 8.34. The van der Waals surface area contributed by atoms with Gasteiger partial charge < -0.3 is 9.15 Å². The quantitative estimate of drug-likeness (QED) is 0.772. The molecular weight excluding hydrogens is 302 g/mol. The van der Waals surface area contributed by atoms with Crippen LogP contribution < -0.4 is 0 Å². The lowest BCUT2D eigenvalue weighted by Gasteiger charge is -2.27. The molecule has 1 aromatic heterocycles. The molecule has 2 fully saturated rings. The summed E-state index contributed by atoms with van der Waals surface area (Å²) in [5.74, 6) is 0.891. The Morgan fingerprint density at radius 1 is 1.18 bits per heavy atom. The maximum absolute atomic E-state index is 12.8. The van der Waals surface area contributed by atoms with Crippen molar-refractivity contribution < 1.29 is 17.6 Å². The van der Waals surface area contributed by atoms with Gasteiger partial charge in [-0.1, -0.05) is 12.8 Å². The van der Waals surface area contributed by atoms with Crippen molar-refractivity contribution >= 4 is 10.0 Å². The highest BCUT2D eigenvalue weighted by Crippen LogP contribution is 2.28. The minimum atomic E-state index is -3.28. The molecular formula is C16H25NO4S. The van der Waals surface area contributed by atoms with E-state index < -0.39 is 10.0 Å². The van der Waals surface area contributed by atoms with Crippen LogP contribution in [0.4, 0.5) is 0 Å². The third kappa shape index (κ3) is 3.91. The summed E-state index contributed by atoms with van der Waals surface area (Å²) in [5, 5.41) is 0. The standard InChI is InChI=1S/C16H25NO4S/c18-22(19,12-9-15-7-3-10-20-15)17(14-5-1-2-6-14)13-16-8-4-11-21-16/h4,8,11,14-15H,1-3,5-7,9-10,12-13H2/t15-/m0/s1. The number of rotatable bonds is 7. The summed E-state index contributed by atoms with van der Waals surface area (Å²) in [4.78, 5) is 0. The Morgan fingerprint density at radius 2 is 2.00 bits per heavy atom. The van der Waals surface area contributed by atoms with E-state index in [-0.39, 0.29) is 17.9 Å². The summed E-state index contributed by atoms with van der Waals surface area (Å²) >= 11 is 0. The molecule has 1 saturated carbocycles. The molecule has 1 aliphatic heterocycles. The van der Waals surface area contributed by atoms with Crippen LogP contribution in [0.3, 0.4) is 0 Å². The number of nitrogens with zero attached hydrogens (tertiary/aromatic N) is 1. The molecule has 2 aliphatic rings. The predicted molar refractivity (Wildman–Crippen MR) is 83.9 cm³/mol. The van der Waals surface area contributed by atoms with E-state index in [9.17, 15) is 8.42 Å². The fourth-order valence-corrected chi connectivity index (χ4v) is 5.26. The summed E-state index contributed by atoms with van der Waals surface area (Å²) in [5.41, 5.74) is 0. The maximum atomic E-state index is 12.8. The largest absolute Gasteiger partial charge is 0.468 e. The Balaban J connectivity index is 1.68. The molecule has 2 heterocycles. The molecule has 1 aliphatic carbocycles. The van der Waals surface area contributed by atoms with Crippen molar-refractivity contribution in [2.45, 2.75) is 63.6 Å². The van der Waals surface area contributed by atoms with Gasteiger partial charge in [-0.3, -0.25) is 0 Å². The molecule has 5 nitrogen and oxygen atoms in total. The van der Waals surface area contributed by atoms with Crippen molar-refractivity contribution in [3.63, 3.8) is 0 Å². The van der Waals surface area contributed by atoms with E-state index in [1.807, 2.05) is 6.07 Å². The lowest BCUT2D eigenvalue weighted by molar-refractivity contribution is 0.108. The molecule has 0 radical (unpaired) electrons. The fourth-order valence-electron chi connectivity index (χ4n) is 3.47. The van der Waals surface area contributed by atoms with Gasteiger partial charge in [0, 0.05) is 12.6 Å². The monoisotopic (exact) mass is 327 g/mol. The van der Waals surface area contributed by atoms with E-state index in [0.29, 0.717) is 18.7 Å². The van der Waals surface area contributed by atoms with Gasteiger partial charge in [0.1, 0.15) is 5.76 Å². The van der Waals surface area contributed by atoms with Crippen molar-refractivity contribution in [1.29, 1.82) is 0 Å². The van der Waals surface area contributed by atoms with Crippen LogP contribution in [0.1, 0.15) is 50.7 Å². The summed E-state index contributed by atoms with van der Waals surface area (Å²) in [6.07, 6.45) is 8.48. The molecule has 22 heavy (non-hydrogen) atoms. The normalized spacial score (nSPS) is 23.6. The van der Waals surface area contributed by atoms with Crippen LogP contribution in [0.25, 0.3) is 0 Å². The molecule has 0 N–H and O–H groups in total. The summed E-state index contributed by atoms with van der Waals surface area (Å²) in [7, 11) is -3.28. The lowest BCUT2D eigenvalue weighted by atomic mass is 10.2. The van der Waals surface area contributed by atoms with Gasteiger partial charge in [0.05, 0.1) is 24.7 Å². The van der Waals surface area contributed by atoms with E-state index in [2.05, 4.69) is 0 Å². The molecule has 0 spiro atoms. The highest BCUT2D eigenvalue weighted by Gasteiger charge is 2.33. The number of hydrogen-bond donors (Lipinski definition) is 0. The first kappa shape index (κ1) is 16.0. The Hall–Kier alpha value is -0.850. The predicted octanol–water partition coefficient (Wildman–Crippen LogP) is 2.92. The second kappa shape index (κ2) is 7.15. The molecule has 0 amide bonds. The number of ether oxygens (including phenoxy) is 1. The van der Waals surface area contributed by atoms with Gasteiger partial charge in [-0.25, -0.2) is 8.42 Å². The Kier molecular flexibility index (Phi) is 5.21. The third-order valence-corrected chi connectivity index (χ3v) is 6.60. The minimum Gasteiger partial charge on any atom is -0.468 e. The Morgan fingerprint density at radius 3 is 2.64 bits per heavy atom. The van der Waals surface area contributed by atoms with Gasteiger partial charge in [0.25, 0.3) is 0 Å². The first-order valence-corrected chi connectivity index (χ1v) is 9.89. The van der Waals surface area contributed by atoms with Crippen molar-refractivity contribution in [1.82, 2.24) is 4.31 Å². The first-order chi connectivity index (χ1) is 10.6. The van der Waals surface area contributed by atoms with Crippen LogP contribution in [-0.4, -0.2) is 37.2 Å². The lowest BCUT2D eigenvalue weighted by Crippen LogP contribution is -2.40. The van der Waals surface area contributed by atoms with Crippen LogP contribution in [0.2, 0.25) is 0 Å². The van der Waals surface area contributed by atoms with Gasteiger partial charge in [0.2, 0.25) is 10.0 Å². The van der Waals surface area contributed by atoms with Gasteiger partial charge in [-0.15, -0.1) is 0 Å². The van der Waals surface area contributed by atoms with Crippen LogP contribution in [-0.2, 0) is 21.3 Å². The molecule has 0 aromatic carbocycles. The van der Waals surface area contributed by atoms with Crippen LogP contribution in [0, 0.1) is 0 Å². The van der Waals surface area contributed by atoms with Crippen molar-refractivity contribution in [3.05, 3.63) is 24.2 Å². The van der Waals surface area contributed by atoms with Crippen molar-refractivity contribution in [2.75, 3.05) is 12.4 Å². The van der Waals surface area contributed by atoms with Crippen LogP contribution >= 0.6 is 0 Å². The Bertz CT molecular complexity index is 543. The number of hydrogen-bond acceptors (Lipinski definition) is 4. The molecule has 1 atom stereocenters. The highest BCUT2D eigenvalue weighted by molar-refractivity contribution is 7.89. The zero-order valence-electron chi connectivity index (χ0n) is 12.9. The second-order valence-electron chi connectivity index (χ2n) is 6.30. The molecule has 3 rings (SSSR count). The zero-order valence-corrected chi connectivity index (χ0v) is 13.8. The summed E-state index contributed by atoms with van der Waals surface area (Å²) in [6.45, 7) is 1.12. The minimum absolute atomic E-state index is 0.115. The molecule has 0 unspecified atom stereocenters. The van der Waals surface area contributed by atoms with E-state index in [4.69, 9.17) is 9.15 Å². The first-order valence-electron chi connectivity index (χ1n) is 8.29. The van der Waals surface area contributed by atoms with Gasteiger partial charge >= 0.3 is 0 Å². The van der Waals surface area contributed by atoms with E-state index in [1.54, 1.807) is 16.6 Å². The smallest absolute Gasteiger partial charge is 0.214 e. The van der Waals surface area contributed by atoms with E-state index in [1.165, 1.54) is 0 Å². The van der Waals surface area contributed by atoms with Crippen molar-refractivity contribution in [3.8, 4) is 0 Å². The average molecular weight is 327 g/mol. The van der Waals surface area contributed by atoms with Crippen LogP contribution in [0.5, 0.6) is 0 Å². The van der Waals surface area contributed by atoms with Crippen molar-refractivity contribution in [2.24, 2.45) is 0 Å². The molecule has 0 bridgehead atoms. The fraction of sp³-hybridized carbons (Fsp3) is 0.750. The van der Waals surface area contributed by atoms with Gasteiger partial charge in [-0.2, -0.15) is 4.31 Å². The van der Waals surface area contributed by atoms with Gasteiger partial charge in [-0.05, 0) is 44.2 Å². The SMILES string of the molecule is O=S(=O)(CC[C@@H]1CCCO1)N(Cc1ccco1)C1CCCC1. The topological polar surface area (TPSA) is 59.8 Å². The van der Waals surface area contributed by atoms with E-state index >= 15 is 0 Å². The number of sulfonamides is 1. The van der Waals surface area contributed by atoms with E-state index in [0.717, 1.165) is 45.1 Å². The summed E-state index contributed by atoms with van der Waals surface area (Å²) < 4.78 is 38.3. The Labute approximate surface area is 132 Å². The zero-order chi connectivity index (χ0) is 15.4. The number of furan rings is 1. The maximum Gasteiger partial charge on any atom is 0.214 e. The molecule has 1 saturated heterocycles. The molecule has 124 valence electrons. The molecule has 6 heteroatoms. The van der Waals surface area contributed by atoms with Gasteiger partial charge in [0.15, 0.2) is 0 Å². The highest BCUT2D eigenvalue weighted by atomic mass is 32.2. The summed E-state index contributed by atoms with van der Waals surface area (Å²) in [6, 6.07) is 3.78.